The number of hydrogen-bond acceptors (Lipinski definition) is 2. The molecule has 0 saturated heterocycles. The Balaban J connectivity index is 2.31. The van der Waals surface area contributed by atoms with Crippen LogP contribution < -0.4 is 5.32 Å². The van der Waals surface area contributed by atoms with Gasteiger partial charge in [-0.15, -0.1) is 0 Å². The predicted molar refractivity (Wildman–Crippen MR) is 49.4 cm³/mol. The quantitative estimate of drug-likeness (QED) is 0.713. The van der Waals surface area contributed by atoms with E-state index < -0.39 is 0 Å². The number of nitrogens with one attached hydrogen (secondary N) is 1. The van der Waals surface area contributed by atoms with Crippen LogP contribution in [0.5, 0.6) is 0 Å². The molecule has 13 heavy (non-hydrogen) atoms. The molecule has 2 nitrogen and oxygen atoms in total. The summed E-state index contributed by atoms with van der Waals surface area (Å²) in [5.74, 6) is -0.174. The zero-order chi connectivity index (χ0) is 9.26. The Morgan fingerprint density at radius 1 is 1.54 bits per heavy atom. The Bertz CT molecular complexity index is 314. The van der Waals surface area contributed by atoms with E-state index in [4.69, 9.17) is 4.74 Å². The van der Waals surface area contributed by atoms with E-state index >= 15 is 0 Å². The van der Waals surface area contributed by atoms with Gasteiger partial charge < -0.3 is 10.1 Å². The smallest absolute Gasteiger partial charge is 0.146 e. The zero-order valence-electron chi connectivity index (χ0n) is 7.51. The second kappa shape index (κ2) is 3.34. The summed E-state index contributed by atoms with van der Waals surface area (Å²) in [5, 5.41) is 3.03. The molecule has 1 aromatic carbocycles. The molecule has 1 aromatic rings. The van der Waals surface area contributed by atoms with Gasteiger partial charge in [0, 0.05) is 20.1 Å². The Kier molecular flexibility index (Phi) is 2.19. The monoisotopic (exact) mass is 181 g/mol. The number of para-hydroxylation sites is 1. The number of hydrogen-bond donors (Lipinski definition) is 1. The predicted octanol–water partition coefficient (Wildman–Crippen LogP) is 1.81. The Labute approximate surface area is 76.7 Å². The van der Waals surface area contributed by atoms with E-state index in [0.717, 1.165) is 12.0 Å². The fourth-order valence-electron chi connectivity index (χ4n) is 1.64. The minimum atomic E-state index is -0.174. The van der Waals surface area contributed by atoms with Gasteiger partial charge in [-0.1, -0.05) is 12.1 Å². The van der Waals surface area contributed by atoms with E-state index in [0.29, 0.717) is 12.2 Å². The van der Waals surface area contributed by atoms with Crippen molar-refractivity contribution in [2.24, 2.45) is 0 Å². The summed E-state index contributed by atoms with van der Waals surface area (Å²) in [5.41, 5.74) is 1.63. The maximum absolute atomic E-state index is 13.2. The molecule has 1 N–H and O–H groups in total. The lowest BCUT2D eigenvalue weighted by molar-refractivity contribution is 0.111. The molecule has 0 fully saturated rings. The average Bonchev–Trinajstić information content (AvgIpc) is 2.18. The summed E-state index contributed by atoms with van der Waals surface area (Å²) in [6.07, 6.45) is 0.950. The number of fused-ring (bicyclic) bond motifs is 1. The van der Waals surface area contributed by atoms with Crippen LogP contribution in [-0.2, 0) is 11.2 Å². The van der Waals surface area contributed by atoms with Gasteiger partial charge in [0.1, 0.15) is 5.82 Å². The van der Waals surface area contributed by atoms with Gasteiger partial charge in [-0.3, -0.25) is 0 Å². The standard InChI is InChI=1S/C10H12FNO/c1-13-8-5-7-3-2-4-9(11)10(7)12-6-8/h2-4,8,12H,5-6H2,1H3. The van der Waals surface area contributed by atoms with Crippen molar-refractivity contribution in [3.63, 3.8) is 0 Å². The maximum Gasteiger partial charge on any atom is 0.146 e. The van der Waals surface area contributed by atoms with E-state index in [1.54, 1.807) is 13.2 Å². The average molecular weight is 181 g/mol. The van der Waals surface area contributed by atoms with Gasteiger partial charge in [0.15, 0.2) is 0 Å². The van der Waals surface area contributed by atoms with Crippen LogP contribution in [0.3, 0.4) is 0 Å². The van der Waals surface area contributed by atoms with Crippen molar-refractivity contribution in [3.05, 3.63) is 29.6 Å². The SMILES string of the molecule is COC1CNc2c(F)cccc2C1. The summed E-state index contributed by atoms with van der Waals surface area (Å²) in [6.45, 7) is 0.685. The molecular formula is C10H12FNO. The molecule has 1 unspecified atom stereocenters. The molecule has 2 rings (SSSR count). The second-order valence-electron chi connectivity index (χ2n) is 3.22. The number of anilines is 1. The van der Waals surface area contributed by atoms with Gasteiger partial charge in [-0.2, -0.15) is 0 Å². The fourth-order valence-corrected chi connectivity index (χ4v) is 1.64. The first-order valence-corrected chi connectivity index (χ1v) is 4.35. The molecule has 1 atom stereocenters. The van der Waals surface area contributed by atoms with Gasteiger partial charge in [0.05, 0.1) is 11.8 Å². The lowest BCUT2D eigenvalue weighted by atomic mass is 10.0. The van der Waals surface area contributed by atoms with Crippen molar-refractivity contribution in [1.29, 1.82) is 0 Å². The summed E-state index contributed by atoms with van der Waals surface area (Å²) in [4.78, 5) is 0. The van der Waals surface area contributed by atoms with Crippen LogP contribution in [0, 0.1) is 5.82 Å². The Hall–Kier alpha value is -1.09. The van der Waals surface area contributed by atoms with Crippen LogP contribution in [0.2, 0.25) is 0 Å². The summed E-state index contributed by atoms with van der Waals surface area (Å²) >= 11 is 0. The van der Waals surface area contributed by atoms with Crippen molar-refractivity contribution < 1.29 is 9.13 Å². The molecule has 0 amide bonds. The Morgan fingerprint density at radius 2 is 2.38 bits per heavy atom. The lowest BCUT2D eigenvalue weighted by Crippen LogP contribution is -2.29. The number of ether oxygens (including phenoxy) is 1. The van der Waals surface area contributed by atoms with Crippen molar-refractivity contribution in [3.8, 4) is 0 Å². The van der Waals surface area contributed by atoms with E-state index in [9.17, 15) is 4.39 Å². The molecule has 0 spiro atoms. The first-order valence-electron chi connectivity index (χ1n) is 4.35. The van der Waals surface area contributed by atoms with Crippen molar-refractivity contribution in [1.82, 2.24) is 0 Å². The molecule has 3 heteroatoms. The largest absolute Gasteiger partial charge is 0.380 e. The van der Waals surface area contributed by atoms with Crippen LogP contribution in [0.1, 0.15) is 5.56 Å². The van der Waals surface area contributed by atoms with Gasteiger partial charge in [0.2, 0.25) is 0 Å². The molecular weight excluding hydrogens is 169 g/mol. The molecule has 70 valence electrons. The maximum atomic E-state index is 13.2. The van der Waals surface area contributed by atoms with Crippen molar-refractivity contribution in [2.75, 3.05) is 19.0 Å². The highest BCUT2D eigenvalue weighted by molar-refractivity contribution is 5.54. The molecule has 0 bridgehead atoms. The molecule has 1 aliphatic rings. The molecule has 1 aliphatic heterocycles. The van der Waals surface area contributed by atoms with E-state index in [1.807, 2.05) is 6.07 Å². The number of halogens is 1. The fraction of sp³-hybridized carbons (Fsp3) is 0.400. The summed E-state index contributed by atoms with van der Waals surface area (Å²) in [6, 6.07) is 5.13. The van der Waals surface area contributed by atoms with Gasteiger partial charge in [-0.25, -0.2) is 4.39 Å². The van der Waals surface area contributed by atoms with Gasteiger partial charge in [-0.05, 0) is 11.6 Å². The highest BCUT2D eigenvalue weighted by Gasteiger charge is 2.19. The first-order chi connectivity index (χ1) is 6.31. The number of methoxy groups -OCH3 is 1. The highest BCUT2D eigenvalue weighted by atomic mass is 19.1. The zero-order valence-corrected chi connectivity index (χ0v) is 7.51. The van der Waals surface area contributed by atoms with Crippen LogP contribution in [0.15, 0.2) is 18.2 Å². The highest BCUT2D eigenvalue weighted by Crippen LogP contribution is 2.25. The van der Waals surface area contributed by atoms with E-state index in [2.05, 4.69) is 5.32 Å². The number of rotatable bonds is 1. The van der Waals surface area contributed by atoms with Crippen LogP contribution >= 0.6 is 0 Å². The van der Waals surface area contributed by atoms with E-state index in [-0.39, 0.29) is 11.9 Å². The molecule has 0 aromatic heterocycles. The van der Waals surface area contributed by atoms with Crippen molar-refractivity contribution >= 4 is 5.69 Å². The minimum absolute atomic E-state index is 0.161. The summed E-state index contributed by atoms with van der Waals surface area (Å²) in [7, 11) is 1.68. The van der Waals surface area contributed by atoms with Crippen LogP contribution in [0.4, 0.5) is 10.1 Å². The van der Waals surface area contributed by atoms with Crippen molar-refractivity contribution in [2.45, 2.75) is 12.5 Å². The normalized spacial score (nSPS) is 20.6. The number of benzene rings is 1. The molecule has 1 heterocycles. The lowest BCUT2D eigenvalue weighted by Gasteiger charge is -2.25. The van der Waals surface area contributed by atoms with E-state index in [1.165, 1.54) is 6.07 Å². The molecule has 0 aliphatic carbocycles. The van der Waals surface area contributed by atoms with Gasteiger partial charge >= 0.3 is 0 Å². The Morgan fingerprint density at radius 3 is 3.15 bits per heavy atom. The molecule has 0 radical (unpaired) electrons. The third-order valence-electron chi connectivity index (χ3n) is 2.39. The minimum Gasteiger partial charge on any atom is -0.380 e. The second-order valence-corrected chi connectivity index (χ2v) is 3.22. The first kappa shape index (κ1) is 8.51. The van der Waals surface area contributed by atoms with Crippen LogP contribution in [-0.4, -0.2) is 19.8 Å². The topological polar surface area (TPSA) is 21.3 Å². The van der Waals surface area contributed by atoms with Gasteiger partial charge in [0.25, 0.3) is 0 Å². The van der Waals surface area contributed by atoms with Crippen LogP contribution in [0.25, 0.3) is 0 Å². The third kappa shape index (κ3) is 1.52. The summed E-state index contributed by atoms with van der Waals surface area (Å²) < 4.78 is 18.4. The molecule has 0 saturated carbocycles. The third-order valence-corrected chi connectivity index (χ3v) is 2.39.